The van der Waals surface area contributed by atoms with Crippen molar-refractivity contribution in [2.24, 2.45) is 5.73 Å². The number of nitrogens with one attached hydrogen (secondary N) is 1. The number of carbonyl (C=O) groups is 2. The van der Waals surface area contributed by atoms with Crippen molar-refractivity contribution in [3.05, 3.63) is 64.7 Å². The van der Waals surface area contributed by atoms with Gasteiger partial charge in [0.15, 0.2) is 0 Å². The monoisotopic (exact) mass is 345 g/mol. The van der Waals surface area contributed by atoms with E-state index >= 15 is 0 Å². The van der Waals surface area contributed by atoms with Crippen molar-refractivity contribution in [3.8, 4) is 0 Å². The van der Waals surface area contributed by atoms with Crippen LogP contribution in [0.1, 0.15) is 22.8 Å². The van der Waals surface area contributed by atoms with E-state index in [2.05, 4.69) is 5.32 Å². The fourth-order valence-electron chi connectivity index (χ4n) is 2.30. The number of primary amides is 1. The quantitative estimate of drug-likeness (QED) is 0.874. The Labute approximate surface area is 146 Å². The highest BCUT2D eigenvalue weighted by atomic mass is 35.5. The zero-order valence-corrected chi connectivity index (χ0v) is 14.6. The number of nitrogens with two attached hydrogens (primary N) is 1. The summed E-state index contributed by atoms with van der Waals surface area (Å²) < 4.78 is 0. The molecule has 2 rings (SSSR count). The van der Waals surface area contributed by atoms with Crippen LogP contribution < -0.4 is 16.0 Å². The maximum Gasteiger partial charge on any atom is 0.252 e. The highest BCUT2D eigenvalue weighted by Gasteiger charge is 2.35. The first-order chi connectivity index (χ1) is 11.2. The molecule has 0 aliphatic carbocycles. The molecule has 24 heavy (non-hydrogen) atoms. The summed E-state index contributed by atoms with van der Waals surface area (Å²) in [5.74, 6) is -1.05. The maximum atomic E-state index is 12.6. The Morgan fingerprint density at radius 1 is 1.12 bits per heavy atom. The van der Waals surface area contributed by atoms with Crippen molar-refractivity contribution >= 4 is 29.1 Å². The van der Waals surface area contributed by atoms with E-state index in [0.29, 0.717) is 16.1 Å². The summed E-state index contributed by atoms with van der Waals surface area (Å²) in [4.78, 5) is 26.5. The van der Waals surface area contributed by atoms with E-state index in [9.17, 15) is 9.59 Å². The molecule has 2 amide bonds. The van der Waals surface area contributed by atoms with E-state index in [1.165, 1.54) is 0 Å². The summed E-state index contributed by atoms with van der Waals surface area (Å²) in [6.07, 6.45) is 0. The van der Waals surface area contributed by atoms with Crippen LogP contribution in [0.3, 0.4) is 0 Å². The summed E-state index contributed by atoms with van der Waals surface area (Å²) in [6, 6.07) is 13.8. The number of hydrogen-bond donors (Lipinski definition) is 2. The Bertz CT molecular complexity index is 776. The first-order valence-corrected chi connectivity index (χ1v) is 7.77. The molecule has 3 N–H and O–H groups in total. The molecule has 1 atom stereocenters. The molecule has 126 valence electrons. The van der Waals surface area contributed by atoms with Gasteiger partial charge in [-0.15, -0.1) is 0 Å². The minimum Gasteiger partial charge on any atom is -0.378 e. The SMILES string of the molecule is CN(C)c1cccc(C(=O)N[C@@](C)(C(N)=O)c2cccc(Cl)c2)c1. The van der Waals surface area contributed by atoms with Crippen LogP contribution in [0.15, 0.2) is 48.5 Å². The molecule has 6 heteroatoms. The second-order valence-electron chi connectivity index (χ2n) is 5.90. The minimum absolute atomic E-state index is 0.389. The van der Waals surface area contributed by atoms with Crippen LogP contribution in [0.4, 0.5) is 5.69 Å². The zero-order chi connectivity index (χ0) is 17.9. The number of nitrogens with zero attached hydrogens (tertiary/aromatic N) is 1. The molecule has 2 aromatic rings. The summed E-state index contributed by atoms with van der Waals surface area (Å²) in [6.45, 7) is 1.56. The average molecular weight is 346 g/mol. The lowest BCUT2D eigenvalue weighted by Gasteiger charge is -2.28. The highest BCUT2D eigenvalue weighted by Crippen LogP contribution is 2.24. The predicted molar refractivity (Wildman–Crippen MR) is 96.2 cm³/mol. The Morgan fingerprint density at radius 2 is 1.79 bits per heavy atom. The van der Waals surface area contributed by atoms with Gasteiger partial charge in [-0.05, 0) is 42.8 Å². The molecule has 0 aliphatic rings. The van der Waals surface area contributed by atoms with Gasteiger partial charge < -0.3 is 16.0 Å². The number of hydrogen-bond acceptors (Lipinski definition) is 3. The minimum atomic E-state index is -1.36. The first-order valence-electron chi connectivity index (χ1n) is 7.40. The van der Waals surface area contributed by atoms with Gasteiger partial charge in [0, 0.05) is 30.4 Å². The lowest BCUT2D eigenvalue weighted by atomic mass is 9.90. The van der Waals surface area contributed by atoms with Gasteiger partial charge in [-0.2, -0.15) is 0 Å². The molecule has 0 aliphatic heterocycles. The second kappa shape index (κ2) is 6.93. The Balaban J connectivity index is 2.36. The fourth-order valence-corrected chi connectivity index (χ4v) is 2.49. The smallest absolute Gasteiger partial charge is 0.252 e. The Kier molecular flexibility index (Phi) is 5.14. The van der Waals surface area contributed by atoms with Crippen molar-refractivity contribution in [1.82, 2.24) is 5.32 Å². The third kappa shape index (κ3) is 3.68. The van der Waals surface area contributed by atoms with Crippen molar-refractivity contribution in [3.63, 3.8) is 0 Å². The molecule has 0 fully saturated rings. The number of benzene rings is 2. The first kappa shape index (κ1) is 17.8. The number of amides is 2. The Hall–Kier alpha value is -2.53. The number of halogens is 1. The van der Waals surface area contributed by atoms with Gasteiger partial charge in [0.25, 0.3) is 5.91 Å². The molecule has 0 aromatic heterocycles. The largest absolute Gasteiger partial charge is 0.378 e. The lowest BCUT2D eigenvalue weighted by Crippen LogP contribution is -2.52. The Morgan fingerprint density at radius 3 is 2.38 bits per heavy atom. The van der Waals surface area contributed by atoms with E-state index in [1.54, 1.807) is 49.4 Å². The number of rotatable bonds is 5. The van der Waals surface area contributed by atoms with Crippen LogP contribution in [0.25, 0.3) is 0 Å². The van der Waals surface area contributed by atoms with E-state index < -0.39 is 11.4 Å². The van der Waals surface area contributed by atoms with E-state index in [1.807, 2.05) is 25.1 Å². The molecule has 0 bridgehead atoms. The molecule has 0 saturated heterocycles. The number of anilines is 1. The third-order valence-corrected chi connectivity index (χ3v) is 4.12. The molecular formula is C18H20ClN3O2. The van der Waals surface area contributed by atoms with Crippen molar-refractivity contribution in [2.45, 2.75) is 12.5 Å². The van der Waals surface area contributed by atoms with Crippen LogP contribution in [-0.2, 0) is 10.3 Å². The van der Waals surface area contributed by atoms with Crippen molar-refractivity contribution in [1.29, 1.82) is 0 Å². The topological polar surface area (TPSA) is 75.4 Å². The van der Waals surface area contributed by atoms with Crippen LogP contribution in [0.2, 0.25) is 5.02 Å². The molecule has 0 spiro atoms. The van der Waals surface area contributed by atoms with Crippen LogP contribution in [-0.4, -0.2) is 25.9 Å². The summed E-state index contributed by atoms with van der Waals surface area (Å²) in [5, 5.41) is 3.19. The molecule has 0 unspecified atom stereocenters. The van der Waals surface area contributed by atoms with Crippen molar-refractivity contribution in [2.75, 3.05) is 19.0 Å². The second-order valence-corrected chi connectivity index (χ2v) is 6.33. The van der Waals surface area contributed by atoms with Crippen molar-refractivity contribution < 1.29 is 9.59 Å². The van der Waals surface area contributed by atoms with Gasteiger partial charge in [-0.3, -0.25) is 9.59 Å². The highest BCUT2D eigenvalue weighted by molar-refractivity contribution is 6.30. The van der Waals surface area contributed by atoms with Gasteiger partial charge >= 0.3 is 0 Å². The fraction of sp³-hybridized carbons (Fsp3) is 0.222. The third-order valence-electron chi connectivity index (χ3n) is 3.88. The molecule has 0 heterocycles. The molecule has 2 aromatic carbocycles. The van der Waals surface area contributed by atoms with Crippen LogP contribution in [0, 0.1) is 0 Å². The van der Waals surface area contributed by atoms with E-state index in [4.69, 9.17) is 17.3 Å². The lowest BCUT2D eigenvalue weighted by molar-refractivity contribution is -0.123. The molecular weight excluding hydrogens is 326 g/mol. The predicted octanol–water partition coefficient (Wildman–Crippen LogP) is 2.54. The maximum absolute atomic E-state index is 12.6. The standard InChI is InChI=1S/C18H20ClN3O2/c1-18(17(20)24,13-7-5-8-14(19)11-13)21-16(23)12-6-4-9-15(10-12)22(2)3/h4-11H,1-3H3,(H2,20,24)(H,21,23)/t18-/m1/s1. The molecule has 0 saturated carbocycles. The van der Waals surface area contributed by atoms with E-state index in [0.717, 1.165) is 5.69 Å². The van der Waals surface area contributed by atoms with E-state index in [-0.39, 0.29) is 5.91 Å². The van der Waals surface area contributed by atoms with Crippen LogP contribution >= 0.6 is 11.6 Å². The van der Waals surface area contributed by atoms with Gasteiger partial charge in [-0.25, -0.2) is 0 Å². The average Bonchev–Trinajstić information content (AvgIpc) is 2.54. The number of carbonyl (C=O) groups excluding carboxylic acids is 2. The normalized spacial score (nSPS) is 13.0. The van der Waals surface area contributed by atoms with Gasteiger partial charge in [0.05, 0.1) is 0 Å². The molecule has 0 radical (unpaired) electrons. The van der Waals surface area contributed by atoms with Gasteiger partial charge in [0.2, 0.25) is 5.91 Å². The zero-order valence-electron chi connectivity index (χ0n) is 13.8. The summed E-state index contributed by atoms with van der Waals surface area (Å²) >= 11 is 5.99. The molecule has 5 nitrogen and oxygen atoms in total. The van der Waals surface area contributed by atoms with Crippen LogP contribution in [0.5, 0.6) is 0 Å². The summed E-state index contributed by atoms with van der Waals surface area (Å²) in [5.41, 5.74) is 6.04. The van der Waals surface area contributed by atoms with Gasteiger partial charge in [-0.1, -0.05) is 29.8 Å². The van der Waals surface area contributed by atoms with Gasteiger partial charge in [0.1, 0.15) is 5.54 Å². The summed E-state index contributed by atoms with van der Waals surface area (Å²) in [7, 11) is 3.77.